The van der Waals surface area contributed by atoms with Crippen molar-refractivity contribution >= 4 is 40.2 Å². The summed E-state index contributed by atoms with van der Waals surface area (Å²) >= 11 is 5.80. The molecule has 0 radical (unpaired) electrons. The zero-order valence-electron chi connectivity index (χ0n) is 14.0. The van der Waals surface area contributed by atoms with E-state index in [0.29, 0.717) is 47.9 Å². The highest BCUT2D eigenvalue weighted by atomic mass is 35.5. The first-order valence-corrected chi connectivity index (χ1v) is 8.65. The molecular formula is C17H16ClFN6O2. The SMILES string of the molecule is O/N=C(/Nc1ccc(F)c(Cl)c1)c1ccnc2nc(N3CC[C@H](O)C3)[nH]c12. The topological polar surface area (TPSA) is 110 Å². The Morgan fingerprint density at radius 1 is 1.41 bits per heavy atom. The van der Waals surface area contributed by atoms with Gasteiger partial charge < -0.3 is 25.5 Å². The molecule has 4 rings (SSSR count). The molecule has 27 heavy (non-hydrogen) atoms. The molecule has 0 amide bonds. The van der Waals surface area contributed by atoms with Gasteiger partial charge in [-0.2, -0.15) is 4.98 Å². The number of rotatable bonds is 3. The minimum atomic E-state index is -0.540. The summed E-state index contributed by atoms with van der Waals surface area (Å²) in [6, 6.07) is 5.75. The number of aromatic amines is 1. The molecule has 140 valence electrons. The molecule has 3 aromatic rings. The maximum atomic E-state index is 13.3. The number of H-pyrrole nitrogens is 1. The maximum absolute atomic E-state index is 13.3. The summed E-state index contributed by atoms with van der Waals surface area (Å²) in [5.41, 5.74) is 2.01. The second-order valence-corrected chi connectivity index (χ2v) is 6.62. The summed E-state index contributed by atoms with van der Waals surface area (Å²) in [7, 11) is 0. The third-order valence-corrected chi connectivity index (χ3v) is 4.67. The van der Waals surface area contributed by atoms with Crippen LogP contribution in [0, 0.1) is 5.82 Å². The van der Waals surface area contributed by atoms with Crippen LogP contribution in [0.15, 0.2) is 35.6 Å². The molecule has 3 heterocycles. The summed E-state index contributed by atoms with van der Waals surface area (Å²) in [6.07, 6.45) is 1.84. The van der Waals surface area contributed by atoms with Gasteiger partial charge >= 0.3 is 0 Å². The number of aromatic nitrogens is 3. The standard InChI is InChI=1S/C17H16ClFN6O2/c18-12-7-9(1-2-13(12)19)21-15(24-27)11-3-5-20-16-14(11)22-17(23-16)25-6-4-10(26)8-25/h1-3,5,7,10,26-27H,4,6,8H2,(H,21,24)(H,20,22,23)/t10-/m0/s1. The van der Waals surface area contributed by atoms with Gasteiger partial charge in [0.1, 0.15) is 5.82 Å². The Bertz CT molecular complexity index is 1020. The average molecular weight is 391 g/mol. The lowest BCUT2D eigenvalue weighted by Crippen LogP contribution is -2.22. The lowest BCUT2D eigenvalue weighted by atomic mass is 10.2. The number of nitrogens with zero attached hydrogens (tertiary/aromatic N) is 4. The largest absolute Gasteiger partial charge is 0.409 e. The molecule has 0 bridgehead atoms. The number of aliphatic hydroxyl groups excluding tert-OH is 1. The van der Waals surface area contributed by atoms with Gasteiger partial charge in [0.15, 0.2) is 11.5 Å². The molecule has 1 atom stereocenters. The van der Waals surface area contributed by atoms with Crippen LogP contribution in [-0.4, -0.2) is 50.3 Å². The number of amidine groups is 1. The number of halogens is 2. The van der Waals surface area contributed by atoms with Crippen LogP contribution in [0.3, 0.4) is 0 Å². The molecule has 0 spiro atoms. The van der Waals surface area contributed by atoms with Crippen molar-refractivity contribution in [1.82, 2.24) is 15.0 Å². The van der Waals surface area contributed by atoms with Gasteiger partial charge in [-0.25, -0.2) is 9.37 Å². The number of aliphatic hydroxyl groups is 1. The van der Waals surface area contributed by atoms with E-state index in [1.165, 1.54) is 18.2 Å². The number of pyridine rings is 1. The predicted molar refractivity (Wildman–Crippen MR) is 100 cm³/mol. The van der Waals surface area contributed by atoms with Crippen molar-refractivity contribution in [3.63, 3.8) is 0 Å². The molecule has 0 unspecified atom stereocenters. The summed E-state index contributed by atoms with van der Waals surface area (Å²) in [4.78, 5) is 13.8. The maximum Gasteiger partial charge on any atom is 0.205 e. The fourth-order valence-electron chi connectivity index (χ4n) is 3.04. The minimum Gasteiger partial charge on any atom is -0.409 e. The second-order valence-electron chi connectivity index (χ2n) is 6.21. The first-order valence-electron chi connectivity index (χ1n) is 8.27. The van der Waals surface area contributed by atoms with Crippen molar-refractivity contribution in [1.29, 1.82) is 0 Å². The molecule has 1 aliphatic heterocycles. The molecule has 1 aromatic carbocycles. The Labute approximate surface area is 158 Å². The van der Waals surface area contributed by atoms with E-state index in [-0.39, 0.29) is 17.0 Å². The van der Waals surface area contributed by atoms with Gasteiger partial charge in [0.25, 0.3) is 0 Å². The fraction of sp³-hybridized carbons (Fsp3) is 0.235. The Balaban J connectivity index is 1.68. The number of hydrogen-bond donors (Lipinski definition) is 4. The van der Waals surface area contributed by atoms with Crippen LogP contribution in [0.1, 0.15) is 12.0 Å². The van der Waals surface area contributed by atoms with Gasteiger partial charge in [-0.1, -0.05) is 16.8 Å². The minimum absolute atomic E-state index is 0.0476. The van der Waals surface area contributed by atoms with Gasteiger partial charge in [0, 0.05) is 30.5 Å². The summed E-state index contributed by atoms with van der Waals surface area (Å²) in [5.74, 6) is 0.173. The van der Waals surface area contributed by atoms with E-state index in [4.69, 9.17) is 11.6 Å². The quantitative estimate of drug-likeness (QED) is 0.237. The average Bonchev–Trinajstić information content (AvgIpc) is 3.28. The highest BCUT2D eigenvalue weighted by Gasteiger charge is 2.24. The molecule has 0 aliphatic carbocycles. The summed E-state index contributed by atoms with van der Waals surface area (Å²) in [6.45, 7) is 1.17. The third kappa shape index (κ3) is 3.38. The van der Waals surface area contributed by atoms with Crippen molar-refractivity contribution in [2.24, 2.45) is 5.16 Å². The summed E-state index contributed by atoms with van der Waals surface area (Å²) < 4.78 is 13.3. The van der Waals surface area contributed by atoms with E-state index < -0.39 is 5.82 Å². The number of nitrogens with one attached hydrogen (secondary N) is 2. The molecule has 1 fully saturated rings. The summed E-state index contributed by atoms with van der Waals surface area (Å²) in [5, 5.41) is 25.4. The Morgan fingerprint density at radius 3 is 2.96 bits per heavy atom. The first kappa shape index (κ1) is 17.5. The normalized spacial score (nSPS) is 17.7. The lowest BCUT2D eigenvalue weighted by molar-refractivity contribution is 0.198. The smallest absolute Gasteiger partial charge is 0.205 e. The Hall–Kier alpha value is -2.91. The number of oxime groups is 1. The van der Waals surface area contributed by atoms with E-state index in [1.807, 2.05) is 4.90 Å². The van der Waals surface area contributed by atoms with Gasteiger partial charge in [-0.3, -0.25) is 0 Å². The van der Waals surface area contributed by atoms with Crippen molar-refractivity contribution in [2.45, 2.75) is 12.5 Å². The third-order valence-electron chi connectivity index (χ3n) is 4.38. The number of benzene rings is 1. The molecule has 8 nitrogen and oxygen atoms in total. The van der Waals surface area contributed by atoms with Crippen LogP contribution in [-0.2, 0) is 0 Å². The van der Waals surface area contributed by atoms with Crippen molar-refractivity contribution in [3.8, 4) is 0 Å². The van der Waals surface area contributed by atoms with E-state index >= 15 is 0 Å². The van der Waals surface area contributed by atoms with Gasteiger partial charge in [0.2, 0.25) is 5.95 Å². The lowest BCUT2D eigenvalue weighted by Gasteiger charge is -2.13. The number of fused-ring (bicyclic) bond motifs is 1. The van der Waals surface area contributed by atoms with Gasteiger partial charge in [-0.15, -0.1) is 0 Å². The number of hydrogen-bond acceptors (Lipinski definition) is 6. The van der Waals surface area contributed by atoms with Gasteiger partial charge in [0.05, 0.1) is 16.6 Å². The molecule has 0 saturated carbocycles. The predicted octanol–water partition coefficient (Wildman–Crippen LogP) is 2.57. The zero-order valence-corrected chi connectivity index (χ0v) is 14.8. The highest BCUT2D eigenvalue weighted by molar-refractivity contribution is 6.31. The Kier molecular flexibility index (Phi) is 4.54. The zero-order chi connectivity index (χ0) is 19.0. The van der Waals surface area contributed by atoms with Crippen LogP contribution in [0.5, 0.6) is 0 Å². The van der Waals surface area contributed by atoms with E-state index in [9.17, 15) is 14.7 Å². The van der Waals surface area contributed by atoms with Crippen LogP contribution in [0.4, 0.5) is 16.0 Å². The molecule has 2 aromatic heterocycles. The van der Waals surface area contributed by atoms with Crippen LogP contribution < -0.4 is 10.2 Å². The van der Waals surface area contributed by atoms with Crippen molar-refractivity contribution in [3.05, 3.63) is 46.9 Å². The van der Waals surface area contributed by atoms with Crippen molar-refractivity contribution in [2.75, 3.05) is 23.3 Å². The number of anilines is 2. The fourth-order valence-corrected chi connectivity index (χ4v) is 3.22. The molecule has 10 heteroatoms. The number of imidazole rings is 1. The molecule has 1 saturated heterocycles. The molecular weight excluding hydrogens is 375 g/mol. The molecule has 4 N–H and O–H groups in total. The second kappa shape index (κ2) is 7.01. The highest BCUT2D eigenvalue weighted by Crippen LogP contribution is 2.24. The van der Waals surface area contributed by atoms with Gasteiger partial charge in [-0.05, 0) is 30.7 Å². The van der Waals surface area contributed by atoms with Crippen LogP contribution >= 0.6 is 11.6 Å². The van der Waals surface area contributed by atoms with Crippen molar-refractivity contribution < 1.29 is 14.7 Å². The van der Waals surface area contributed by atoms with E-state index in [1.54, 1.807) is 12.3 Å². The van der Waals surface area contributed by atoms with Crippen LogP contribution in [0.2, 0.25) is 5.02 Å². The van der Waals surface area contributed by atoms with E-state index in [2.05, 4.69) is 25.4 Å². The Morgan fingerprint density at radius 2 is 2.26 bits per heavy atom. The van der Waals surface area contributed by atoms with Crippen LogP contribution in [0.25, 0.3) is 11.2 Å². The number of β-amino-alcohol motifs (C(OH)–C–C–N with tert-alkyl or cyclic N) is 1. The monoisotopic (exact) mass is 390 g/mol. The first-order chi connectivity index (χ1) is 13.0. The molecule has 1 aliphatic rings. The van der Waals surface area contributed by atoms with E-state index in [0.717, 1.165) is 0 Å².